The van der Waals surface area contributed by atoms with Gasteiger partial charge in [0, 0.05) is 57.7 Å². The first-order chi connectivity index (χ1) is 14.5. The first kappa shape index (κ1) is 23.7. The van der Waals surface area contributed by atoms with Gasteiger partial charge >= 0.3 is 0 Å². The fourth-order valence-electron chi connectivity index (χ4n) is 3.40. The largest absolute Gasteiger partial charge is 0.497 e. The standard InChI is InChI=1S/C24H36N4O2/c1-6-8-9-21(7-2)28(19-18-27-16-14-25(3)15-17-27)20-24(29)26(4)22-10-12-23(30-5)13-11-22/h6-13H,1,14-20H2,2-5H3/b9-8-,21-7+. The van der Waals surface area contributed by atoms with Crippen molar-refractivity contribution < 1.29 is 9.53 Å². The number of allylic oxidation sites excluding steroid dienone is 4. The van der Waals surface area contributed by atoms with Crippen LogP contribution in [-0.4, -0.2) is 87.6 Å². The van der Waals surface area contributed by atoms with Crippen LogP contribution in [-0.2, 0) is 4.79 Å². The summed E-state index contributed by atoms with van der Waals surface area (Å²) in [5.41, 5.74) is 1.88. The van der Waals surface area contributed by atoms with Crippen LogP contribution in [0, 0.1) is 0 Å². The van der Waals surface area contributed by atoms with Gasteiger partial charge in [0.25, 0.3) is 0 Å². The average molecular weight is 413 g/mol. The molecule has 30 heavy (non-hydrogen) atoms. The maximum atomic E-state index is 13.1. The SMILES string of the molecule is C=C/C=C\C(=C/C)N(CCN1CCN(C)CC1)CC(=O)N(C)c1ccc(OC)cc1. The Morgan fingerprint density at radius 1 is 1.20 bits per heavy atom. The molecule has 6 heteroatoms. The average Bonchev–Trinajstić information content (AvgIpc) is 2.78. The molecule has 0 bridgehead atoms. The molecule has 1 aromatic carbocycles. The van der Waals surface area contributed by atoms with Crippen molar-refractivity contribution in [1.82, 2.24) is 14.7 Å². The fraction of sp³-hybridized carbons (Fsp3) is 0.458. The smallest absolute Gasteiger partial charge is 0.246 e. The van der Waals surface area contributed by atoms with E-state index in [0.717, 1.165) is 56.4 Å². The zero-order valence-corrected chi connectivity index (χ0v) is 18.9. The predicted octanol–water partition coefficient (Wildman–Crippen LogP) is 2.85. The summed E-state index contributed by atoms with van der Waals surface area (Å²) in [4.78, 5) is 21.7. The minimum absolute atomic E-state index is 0.0462. The lowest BCUT2D eigenvalue weighted by Gasteiger charge is -2.35. The van der Waals surface area contributed by atoms with Gasteiger partial charge in [0.15, 0.2) is 0 Å². The molecule has 0 N–H and O–H groups in total. The third-order valence-corrected chi connectivity index (χ3v) is 5.51. The summed E-state index contributed by atoms with van der Waals surface area (Å²) < 4.78 is 5.21. The molecule has 1 aliphatic rings. The lowest BCUT2D eigenvalue weighted by atomic mass is 10.2. The Balaban J connectivity index is 2.07. The number of rotatable bonds is 10. The molecule has 1 aliphatic heterocycles. The third kappa shape index (κ3) is 7.04. The van der Waals surface area contributed by atoms with Crippen LogP contribution >= 0.6 is 0 Å². The van der Waals surface area contributed by atoms with E-state index in [2.05, 4.69) is 28.3 Å². The number of likely N-dealkylation sites (N-methyl/N-ethyl adjacent to an activating group) is 2. The number of methoxy groups -OCH3 is 1. The van der Waals surface area contributed by atoms with E-state index in [4.69, 9.17) is 4.74 Å². The maximum absolute atomic E-state index is 13.1. The molecule has 0 aromatic heterocycles. The Hall–Kier alpha value is -2.57. The summed E-state index contributed by atoms with van der Waals surface area (Å²) in [6, 6.07) is 7.54. The number of piperazine rings is 1. The molecule has 1 amide bonds. The van der Waals surface area contributed by atoms with Crippen LogP contribution in [0.25, 0.3) is 0 Å². The van der Waals surface area contributed by atoms with Crippen molar-refractivity contribution >= 4 is 11.6 Å². The lowest BCUT2D eigenvalue weighted by molar-refractivity contribution is -0.119. The lowest BCUT2D eigenvalue weighted by Crippen LogP contribution is -2.47. The van der Waals surface area contributed by atoms with Crippen LogP contribution in [0.2, 0.25) is 0 Å². The Bertz CT molecular complexity index is 734. The number of carbonyl (C=O) groups excluding carboxylic acids is 1. The number of amides is 1. The number of nitrogens with zero attached hydrogens (tertiary/aromatic N) is 4. The third-order valence-electron chi connectivity index (χ3n) is 5.51. The van der Waals surface area contributed by atoms with Crippen molar-refractivity contribution in [3.63, 3.8) is 0 Å². The van der Waals surface area contributed by atoms with Crippen LogP contribution in [0.3, 0.4) is 0 Å². The molecule has 0 radical (unpaired) electrons. The normalized spacial score (nSPS) is 15.9. The van der Waals surface area contributed by atoms with Crippen LogP contribution in [0.15, 0.2) is 60.8 Å². The molecule has 2 rings (SSSR count). The van der Waals surface area contributed by atoms with E-state index in [0.29, 0.717) is 6.54 Å². The van der Waals surface area contributed by atoms with Crippen molar-refractivity contribution in [2.24, 2.45) is 0 Å². The number of carbonyl (C=O) groups is 1. The zero-order valence-electron chi connectivity index (χ0n) is 18.9. The van der Waals surface area contributed by atoms with Gasteiger partial charge in [-0.1, -0.05) is 24.8 Å². The fourth-order valence-corrected chi connectivity index (χ4v) is 3.40. The van der Waals surface area contributed by atoms with Gasteiger partial charge < -0.3 is 19.4 Å². The Labute approximate surface area is 181 Å². The second-order valence-corrected chi connectivity index (χ2v) is 7.53. The highest BCUT2D eigenvalue weighted by molar-refractivity contribution is 5.94. The van der Waals surface area contributed by atoms with Gasteiger partial charge in [0.1, 0.15) is 5.75 Å². The van der Waals surface area contributed by atoms with Crippen LogP contribution in [0.1, 0.15) is 6.92 Å². The Morgan fingerprint density at radius 3 is 2.43 bits per heavy atom. The summed E-state index contributed by atoms with van der Waals surface area (Å²) in [7, 11) is 5.62. The molecular formula is C24H36N4O2. The van der Waals surface area contributed by atoms with Gasteiger partial charge in [-0.15, -0.1) is 0 Å². The molecular weight excluding hydrogens is 376 g/mol. The van der Waals surface area contributed by atoms with Gasteiger partial charge in [-0.05, 0) is 44.3 Å². The Kier molecular flexibility index (Phi) is 9.64. The monoisotopic (exact) mass is 412 g/mol. The molecule has 0 spiro atoms. The molecule has 1 fully saturated rings. The van der Waals surface area contributed by atoms with E-state index in [1.54, 1.807) is 18.1 Å². The summed E-state index contributed by atoms with van der Waals surface area (Å²) in [5, 5.41) is 0. The first-order valence-corrected chi connectivity index (χ1v) is 10.5. The van der Waals surface area contributed by atoms with Crippen molar-refractivity contribution in [1.29, 1.82) is 0 Å². The van der Waals surface area contributed by atoms with E-state index >= 15 is 0 Å². The topological polar surface area (TPSA) is 39.3 Å². The van der Waals surface area contributed by atoms with Gasteiger partial charge in [-0.3, -0.25) is 9.69 Å². The number of benzene rings is 1. The molecule has 0 saturated carbocycles. The summed E-state index contributed by atoms with van der Waals surface area (Å²) >= 11 is 0. The second-order valence-electron chi connectivity index (χ2n) is 7.53. The molecule has 0 aliphatic carbocycles. The summed E-state index contributed by atoms with van der Waals surface area (Å²) in [6.45, 7) is 12.1. The molecule has 1 aromatic rings. The zero-order chi connectivity index (χ0) is 21.9. The first-order valence-electron chi connectivity index (χ1n) is 10.5. The van der Waals surface area contributed by atoms with Crippen LogP contribution < -0.4 is 9.64 Å². The Morgan fingerprint density at radius 2 is 1.87 bits per heavy atom. The highest BCUT2D eigenvalue weighted by Crippen LogP contribution is 2.19. The number of anilines is 1. The molecule has 1 heterocycles. The van der Waals surface area contributed by atoms with E-state index in [1.807, 2.05) is 56.5 Å². The van der Waals surface area contributed by atoms with Gasteiger partial charge in [0.2, 0.25) is 5.91 Å². The van der Waals surface area contributed by atoms with E-state index in [1.165, 1.54) is 0 Å². The number of hydrogen-bond donors (Lipinski definition) is 0. The van der Waals surface area contributed by atoms with Crippen molar-refractivity contribution in [3.8, 4) is 5.75 Å². The van der Waals surface area contributed by atoms with E-state index in [-0.39, 0.29) is 5.91 Å². The van der Waals surface area contributed by atoms with Crippen molar-refractivity contribution in [2.75, 3.05) is 71.9 Å². The number of hydrogen-bond acceptors (Lipinski definition) is 5. The molecule has 0 atom stereocenters. The van der Waals surface area contributed by atoms with E-state index < -0.39 is 0 Å². The van der Waals surface area contributed by atoms with Crippen LogP contribution in [0.4, 0.5) is 5.69 Å². The van der Waals surface area contributed by atoms with E-state index in [9.17, 15) is 4.79 Å². The quantitative estimate of drug-likeness (QED) is 0.553. The predicted molar refractivity (Wildman–Crippen MR) is 125 cm³/mol. The minimum Gasteiger partial charge on any atom is -0.497 e. The molecule has 1 saturated heterocycles. The molecule has 0 unspecified atom stereocenters. The highest BCUT2D eigenvalue weighted by atomic mass is 16.5. The van der Waals surface area contributed by atoms with Crippen molar-refractivity contribution in [2.45, 2.75) is 6.92 Å². The number of ether oxygens (including phenoxy) is 1. The summed E-state index contributed by atoms with van der Waals surface area (Å²) in [6.07, 6.45) is 7.73. The van der Waals surface area contributed by atoms with Crippen LogP contribution in [0.5, 0.6) is 5.75 Å². The molecule has 164 valence electrons. The second kappa shape index (κ2) is 12.2. The minimum atomic E-state index is 0.0462. The van der Waals surface area contributed by atoms with Gasteiger partial charge in [-0.2, -0.15) is 0 Å². The highest BCUT2D eigenvalue weighted by Gasteiger charge is 2.19. The molecule has 6 nitrogen and oxygen atoms in total. The summed E-state index contributed by atoms with van der Waals surface area (Å²) in [5.74, 6) is 0.823. The van der Waals surface area contributed by atoms with Gasteiger partial charge in [-0.25, -0.2) is 0 Å². The van der Waals surface area contributed by atoms with Gasteiger partial charge in [0.05, 0.1) is 13.7 Å². The maximum Gasteiger partial charge on any atom is 0.246 e. The van der Waals surface area contributed by atoms with Crippen molar-refractivity contribution in [3.05, 3.63) is 60.8 Å².